The van der Waals surface area contributed by atoms with Crippen LogP contribution in [-0.2, 0) is 14.8 Å². The Morgan fingerprint density at radius 2 is 1.83 bits per heavy atom. The van der Waals surface area contributed by atoms with E-state index < -0.39 is 10.0 Å². The van der Waals surface area contributed by atoms with Crippen LogP contribution in [0.1, 0.15) is 33.6 Å². The Labute approximate surface area is 138 Å². The van der Waals surface area contributed by atoms with Crippen LogP contribution in [0.2, 0.25) is 0 Å². The molecule has 2 rings (SSSR count). The smallest absolute Gasteiger partial charge is 0.243 e. The highest BCUT2D eigenvalue weighted by Gasteiger charge is 2.30. The van der Waals surface area contributed by atoms with Gasteiger partial charge < -0.3 is 10.6 Å². The van der Waals surface area contributed by atoms with Crippen molar-refractivity contribution in [2.24, 2.45) is 5.92 Å². The minimum absolute atomic E-state index is 0.0402. The number of carbonyl (C=O) groups excluding carboxylic acids is 1. The van der Waals surface area contributed by atoms with Crippen LogP contribution in [0.25, 0.3) is 0 Å². The number of sulfonamides is 1. The van der Waals surface area contributed by atoms with Gasteiger partial charge in [0, 0.05) is 25.6 Å². The fourth-order valence-corrected chi connectivity index (χ4v) is 3.91. The topological polar surface area (TPSA) is 78.5 Å². The first-order valence-electron chi connectivity index (χ1n) is 8.12. The number of hydrogen-bond donors (Lipinski definition) is 2. The SMILES string of the molecule is CCNc1ccc(S(=O)(=O)N(CC)CC)cc1NC(=O)C1CC1. The van der Waals surface area contributed by atoms with E-state index in [0.717, 1.165) is 18.5 Å². The van der Waals surface area contributed by atoms with Crippen molar-refractivity contribution in [2.45, 2.75) is 38.5 Å². The number of amides is 1. The van der Waals surface area contributed by atoms with E-state index in [4.69, 9.17) is 0 Å². The van der Waals surface area contributed by atoms with Gasteiger partial charge in [-0.15, -0.1) is 0 Å². The lowest BCUT2D eigenvalue weighted by molar-refractivity contribution is -0.117. The quantitative estimate of drug-likeness (QED) is 0.763. The zero-order valence-corrected chi connectivity index (χ0v) is 14.7. The molecule has 0 atom stereocenters. The molecule has 6 nitrogen and oxygen atoms in total. The molecule has 1 amide bonds. The number of rotatable bonds is 8. The Morgan fingerprint density at radius 3 is 2.35 bits per heavy atom. The number of nitrogens with one attached hydrogen (secondary N) is 2. The highest BCUT2D eigenvalue weighted by molar-refractivity contribution is 7.89. The first kappa shape index (κ1) is 17.7. The maximum Gasteiger partial charge on any atom is 0.243 e. The summed E-state index contributed by atoms with van der Waals surface area (Å²) < 4.78 is 26.7. The van der Waals surface area contributed by atoms with Crippen molar-refractivity contribution in [3.05, 3.63) is 18.2 Å². The van der Waals surface area contributed by atoms with Crippen molar-refractivity contribution >= 4 is 27.3 Å². The maximum absolute atomic E-state index is 12.6. The summed E-state index contributed by atoms with van der Waals surface area (Å²) in [7, 11) is -3.54. The van der Waals surface area contributed by atoms with E-state index >= 15 is 0 Å². The summed E-state index contributed by atoms with van der Waals surface area (Å²) in [4.78, 5) is 12.2. The minimum atomic E-state index is -3.54. The fourth-order valence-electron chi connectivity index (χ4n) is 2.42. The average Bonchev–Trinajstić information content (AvgIpc) is 3.34. The summed E-state index contributed by atoms with van der Waals surface area (Å²) >= 11 is 0. The predicted octanol–water partition coefficient (Wildman–Crippen LogP) is 2.50. The molecule has 0 saturated heterocycles. The first-order valence-corrected chi connectivity index (χ1v) is 9.56. The van der Waals surface area contributed by atoms with Crippen LogP contribution in [-0.4, -0.2) is 38.3 Å². The van der Waals surface area contributed by atoms with Crippen LogP contribution >= 0.6 is 0 Å². The van der Waals surface area contributed by atoms with Gasteiger partial charge in [-0.25, -0.2) is 8.42 Å². The van der Waals surface area contributed by atoms with Crippen LogP contribution in [0, 0.1) is 5.92 Å². The van der Waals surface area contributed by atoms with Crippen LogP contribution < -0.4 is 10.6 Å². The van der Waals surface area contributed by atoms with Crippen LogP contribution in [0.4, 0.5) is 11.4 Å². The molecule has 0 heterocycles. The third-order valence-electron chi connectivity index (χ3n) is 3.91. The number of carbonyl (C=O) groups is 1. The van der Waals surface area contributed by atoms with Crippen LogP contribution in [0.15, 0.2) is 23.1 Å². The zero-order chi connectivity index (χ0) is 17.0. The zero-order valence-electron chi connectivity index (χ0n) is 13.9. The largest absolute Gasteiger partial charge is 0.384 e. The Kier molecular flexibility index (Phi) is 5.64. The van der Waals surface area contributed by atoms with Gasteiger partial charge in [0.15, 0.2) is 0 Å². The Morgan fingerprint density at radius 1 is 1.17 bits per heavy atom. The number of benzene rings is 1. The van der Waals surface area contributed by atoms with Gasteiger partial charge in [0.25, 0.3) is 0 Å². The van der Waals surface area contributed by atoms with E-state index in [2.05, 4.69) is 10.6 Å². The van der Waals surface area contributed by atoms with Crippen molar-refractivity contribution < 1.29 is 13.2 Å². The van der Waals surface area contributed by atoms with Crippen molar-refractivity contribution in [1.29, 1.82) is 0 Å². The number of hydrogen-bond acceptors (Lipinski definition) is 4. The molecule has 1 aliphatic carbocycles. The maximum atomic E-state index is 12.6. The highest BCUT2D eigenvalue weighted by Crippen LogP contribution is 2.33. The van der Waals surface area contributed by atoms with Crippen LogP contribution in [0.5, 0.6) is 0 Å². The molecule has 7 heteroatoms. The highest BCUT2D eigenvalue weighted by atomic mass is 32.2. The van der Waals surface area contributed by atoms with E-state index in [1.807, 2.05) is 20.8 Å². The summed E-state index contributed by atoms with van der Waals surface area (Å²) in [6.45, 7) is 7.09. The fraction of sp³-hybridized carbons (Fsp3) is 0.562. The summed E-state index contributed by atoms with van der Waals surface area (Å²) in [6.07, 6.45) is 1.81. The molecular weight excluding hydrogens is 314 g/mol. The van der Waals surface area contributed by atoms with E-state index in [0.29, 0.717) is 25.3 Å². The molecular formula is C16H25N3O3S. The molecule has 1 aliphatic rings. The number of anilines is 2. The second kappa shape index (κ2) is 7.31. The second-order valence-corrected chi connectivity index (χ2v) is 7.53. The lowest BCUT2D eigenvalue weighted by atomic mass is 10.2. The average molecular weight is 339 g/mol. The summed E-state index contributed by atoms with van der Waals surface area (Å²) in [6, 6.07) is 4.84. The Bertz CT molecular complexity index is 665. The molecule has 2 N–H and O–H groups in total. The molecule has 0 unspecified atom stereocenters. The molecule has 0 spiro atoms. The van der Waals surface area contributed by atoms with E-state index in [-0.39, 0.29) is 16.7 Å². The van der Waals surface area contributed by atoms with Gasteiger partial charge >= 0.3 is 0 Å². The minimum Gasteiger partial charge on any atom is -0.384 e. The summed E-state index contributed by atoms with van der Waals surface area (Å²) in [5.74, 6) is 0.0223. The standard InChI is InChI=1S/C16H25N3O3S/c1-4-17-14-10-9-13(23(21,22)19(5-2)6-3)11-15(14)18-16(20)12-7-8-12/h9-12,17H,4-8H2,1-3H3,(H,18,20). The van der Waals surface area contributed by atoms with Crippen molar-refractivity contribution in [1.82, 2.24) is 4.31 Å². The Hall–Kier alpha value is -1.60. The molecule has 0 bridgehead atoms. The van der Waals surface area contributed by atoms with Gasteiger partial charge in [-0.3, -0.25) is 4.79 Å². The van der Waals surface area contributed by atoms with Gasteiger partial charge in [-0.1, -0.05) is 13.8 Å². The van der Waals surface area contributed by atoms with E-state index in [1.54, 1.807) is 18.2 Å². The lowest BCUT2D eigenvalue weighted by Crippen LogP contribution is -2.30. The lowest BCUT2D eigenvalue weighted by Gasteiger charge is -2.20. The predicted molar refractivity (Wildman–Crippen MR) is 92.1 cm³/mol. The molecule has 0 aromatic heterocycles. The summed E-state index contributed by atoms with van der Waals surface area (Å²) in [5, 5.41) is 6.01. The summed E-state index contributed by atoms with van der Waals surface area (Å²) in [5.41, 5.74) is 1.26. The van der Waals surface area contributed by atoms with Crippen LogP contribution in [0.3, 0.4) is 0 Å². The van der Waals surface area contributed by atoms with Gasteiger partial charge in [-0.05, 0) is 38.0 Å². The van der Waals surface area contributed by atoms with Gasteiger partial charge in [0.05, 0.1) is 16.3 Å². The molecule has 128 valence electrons. The molecule has 1 fully saturated rings. The van der Waals surface area contributed by atoms with E-state index in [1.165, 1.54) is 4.31 Å². The van der Waals surface area contributed by atoms with Crippen molar-refractivity contribution in [3.8, 4) is 0 Å². The van der Waals surface area contributed by atoms with Crippen molar-refractivity contribution in [3.63, 3.8) is 0 Å². The monoisotopic (exact) mass is 339 g/mol. The van der Waals surface area contributed by atoms with Gasteiger partial charge in [0.1, 0.15) is 0 Å². The second-order valence-electron chi connectivity index (χ2n) is 5.59. The first-order chi connectivity index (χ1) is 10.9. The van der Waals surface area contributed by atoms with Crippen molar-refractivity contribution in [2.75, 3.05) is 30.3 Å². The molecule has 1 aromatic carbocycles. The van der Waals surface area contributed by atoms with E-state index in [9.17, 15) is 13.2 Å². The normalized spacial score (nSPS) is 14.8. The Balaban J connectivity index is 2.36. The molecule has 1 saturated carbocycles. The third-order valence-corrected chi connectivity index (χ3v) is 5.95. The molecule has 0 aliphatic heterocycles. The number of nitrogens with zero attached hydrogens (tertiary/aromatic N) is 1. The van der Waals surface area contributed by atoms with Gasteiger partial charge in [0.2, 0.25) is 15.9 Å². The third kappa shape index (κ3) is 4.03. The molecule has 23 heavy (non-hydrogen) atoms. The molecule has 1 aromatic rings. The van der Waals surface area contributed by atoms with Gasteiger partial charge in [-0.2, -0.15) is 4.31 Å². The molecule has 0 radical (unpaired) electrons.